The van der Waals surface area contributed by atoms with Crippen molar-refractivity contribution in [1.82, 2.24) is 4.98 Å². The van der Waals surface area contributed by atoms with Gasteiger partial charge < -0.3 is 14.5 Å². The molecule has 1 aromatic heterocycles. The highest BCUT2D eigenvalue weighted by molar-refractivity contribution is 5.75. The molecule has 0 aliphatic heterocycles. The number of nitro groups is 1. The number of benzene rings is 1. The van der Waals surface area contributed by atoms with Gasteiger partial charge in [-0.25, -0.2) is 0 Å². The first-order chi connectivity index (χ1) is 6.70. The Morgan fingerprint density at radius 1 is 1.57 bits per heavy atom. The quantitative estimate of drug-likeness (QED) is 0.501. The van der Waals surface area contributed by atoms with Crippen LogP contribution in [0, 0.1) is 21.4 Å². The van der Waals surface area contributed by atoms with Gasteiger partial charge in [0.2, 0.25) is 5.52 Å². The van der Waals surface area contributed by atoms with Crippen molar-refractivity contribution in [3.8, 4) is 6.07 Å². The summed E-state index contributed by atoms with van der Waals surface area (Å²) in [6.07, 6.45) is 0. The van der Waals surface area contributed by atoms with E-state index in [4.69, 9.17) is 9.68 Å². The lowest BCUT2D eigenvalue weighted by Crippen LogP contribution is -1.85. The Bertz CT molecular complexity index is 552. The van der Waals surface area contributed by atoms with Crippen LogP contribution < -0.4 is 0 Å². The van der Waals surface area contributed by atoms with E-state index >= 15 is 0 Å². The molecule has 0 N–H and O–H groups in total. The Morgan fingerprint density at radius 3 is 3.00 bits per heavy atom. The normalized spacial score (nSPS) is 9.93. The van der Waals surface area contributed by atoms with Crippen LogP contribution in [0.3, 0.4) is 0 Å². The number of hydrogen-bond acceptors (Lipinski definition) is 5. The number of rotatable bonds is 1. The second-order valence-corrected chi connectivity index (χ2v) is 2.55. The molecule has 0 radical (unpaired) electrons. The molecule has 2 aromatic rings. The molecule has 0 amide bonds. The van der Waals surface area contributed by atoms with E-state index in [0.717, 1.165) is 0 Å². The SMILES string of the molecule is N#Cc1ccc2oc([N+](=O)[O-])nc2c1. The number of oxazole rings is 1. The summed E-state index contributed by atoms with van der Waals surface area (Å²) >= 11 is 0. The molecule has 0 unspecified atom stereocenters. The third-order valence-corrected chi connectivity index (χ3v) is 1.66. The molecule has 6 heteroatoms. The van der Waals surface area contributed by atoms with Gasteiger partial charge in [-0.2, -0.15) is 5.26 Å². The molecule has 0 atom stereocenters. The smallest absolute Gasteiger partial charge is 0.381 e. The maximum atomic E-state index is 10.3. The molecule has 0 saturated heterocycles. The minimum absolute atomic E-state index is 0.302. The fraction of sp³-hybridized carbons (Fsp3) is 0. The van der Waals surface area contributed by atoms with Crippen molar-refractivity contribution >= 4 is 17.1 Å². The average Bonchev–Trinajstić information content (AvgIpc) is 2.59. The maximum absolute atomic E-state index is 10.3. The van der Waals surface area contributed by atoms with E-state index in [-0.39, 0.29) is 0 Å². The van der Waals surface area contributed by atoms with Gasteiger partial charge in [0, 0.05) is 16.0 Å². The average molecular weight is 189 g/mol. The molecule has 1 heterocycles. The molecule has 2 rings (SSSR count). The van der Waals surface area contributed by atoms with E-state index in [1.807, 2.05) is 6.07 Å². The van der Waals surface area contributed by atoms with Gasteiger partial charge in [0.05, 0.1) is 11.6 Å². The van der Waals surface area contributed by atoms with Gasteiger partial charge in [-0.15, -0.1) is 0 Å². The van der Waals surface area contributed by atoms with Crippen LogP contribution in [0.5, 0.6) is 0 Å². The first-order valence-electron chi connectivity index (χ1n) is 3.66. The van der Waals surface area contributed by atoms with Crippen LogP contribution in [0.1, 0.15) is 5.56 Å². The van der Waals surface area contributed by atoms with Crippen LogP contribution in [0.15, 0.2) is 22.6 Å². The molecule has 1 aromatic carbocycles. The van der Waals surface area contributed by atoms with E-state index < -0.39 is 10.9 Å². The largest absolute Gasteiger partial charge is 0.546 e. The molecule has 0 spiro atoms. The molecular weight excluding hydrogens is 186 g/mol. The zero-order valence-electron chi connectivity index (χ0n) is 6.80. The van der Waals surface area contributed by atoms with Gasteiger partial charge in [0.25, 0.3) is 0 Å². The number of nitrogens with zero attached hydrogens (tertiary/aromatic N) is 3. The Labute approximate surface area is 77.5 Å². The molecule has 0 bridgehead atoms. The van der Waals surface area contributed by atoms with Crippen molar-refractivity contribution in [1.29, 1.82) is 5.26 Å². The third-order valence-electron chi connectivity index (χ3n) is 1.66. The van der Waals surface area contributed by atoms with Gasteiger partial charge in [-0.05, 0) is 12.1 Å². The van der Waals surface area contributed by atoms with Crippen molar-refractivity contribution in [3.63, 3.8) is 0 Å². The Hall–Kier alpha value is -2.42. The predicted octanol–water partition coefficient (Wildman–Crippen LogP) is 1.61. The first kappa shape index (κ1) is 8.19. The van der Waals surface area contributed by atoms with Gasteiger partial charge >= 0.3 is 6.01 Å². The molecule has 6 nitrogen and oxygen atoms in total. The highest BCUT2D eigenvalue weighted by Crippen LogP contribution is 2.20. The zero-order valence-corrected chi connectivity index (χ0v) is 6.80. The van der Waals surface area contributed by atoms with Crippen LogP contribution >= 0.6 is 0 Å². The highest BCUT2D eigenvalue weighted by Gasteiger charge is 2.17. The number of aromatic nitrogens is 1. The highest BCUT2D eigenvalue weighted by atomic mass is 16.7. The molecule has 14 heavy (non-hydrogen) atoms. The second kappa shape index (κ2) is 2.81. The van der Waals surface area contributed by atoms with Crippen LogP contribution in [-0.4, -0.2) is 9.91 Å². The number of hydrogen-bond donors (Lipinski definition) is 0. The predicted molar refractivity (Wildman–Crippen MR) is 45.4 cm³/mol. The summed E-state index contributed by atoms with van der Waals surface area (Å²) in [5, 5.41) is 18.9. The van der Waals surface area contributed by atoms with Crippen molar-refractivity contribution in [2.24, 2.45) is 0 Å². The Balaban J connectivity index is 2.67. The van der Waals surface area contributed by atoms with Crippen LogP contribution in [0.2, 0.25) is 0 Å². The van der Waals surface area contributed by atoms with Crippen molar-refractivity contribution in [3.05, 3.63) is 33.9 Å². The van der Waals surface area contributed by atoms with E-state index in [0.29, 0.717) is 16.7 Å². The van der Waals surface area contributed by atoms with E-state index in [2.05, 4.69) is 4.98 Å². The lowest BCUT2D eigenvalue weighted by Gasteiger charge is -1.83. The third kappa shape index (κ3) is 1.17. The summed E-state index contributed by atoms with van der Waals surface area (Å²) in [6, 6.07) is 5.77. The number of nitriles is 1. The molecule has 0 saturated carbocycles. The van der Waals surface area contributed by atoms with Crippen LogP contribution in [0.4, 0.5) is 6.01 Å². The fourth-order valence-electron chi connectivity index (χ4n) is 1.06. The van der Waals surface area contributed by atoms with Crippen molar-refractivity contribution < 1.29 is 9.34 Å². The second-order valence-electron chi connectivity index (χ2n) is 2.55. The molecular formula is C8H3N3O3. The van der Waals surface area contributed by atoms with Gasteiger partial charge in [0.1, 0.15) is 0 Å². The van der Waals surface area contributed by atoms with E-state index in [9.17, 15) is 10.1 Å². The molecule has 68 valence electrons. The summed E-state index contributed by atoms with van der Waals surface area (Å²) in [7, 11) is 0. The lowest BCUT2D eigenvalue weighted by molar-refractivity contribution is -0.406. The van der Waals surface area contributed by atoms with Crippen molar-refractivity contribution in [2.75, 3.05) is 0 Å². The summed E-state index contributed by atoms with van der Waals surface area (Å²) in [4.78, 5) is 13.2. The van der Waals surface area contributed by atoms with Crippen LogP contribution in [-0.2, 0) is 0 Å². The van der Waals surface area contributed by atoms with Gasteiger partial charge in [-0.3, -0.25) is 0 Å². The lowest BCUT2D eigenvalue weighted by atomic mass is 10.2. The van der Waals surface area contributed by atoms with E-state index in [1.54, 1.807) is 0 Å². The topological polar surface area (TPSA) is 93.0 Å². The van der Waals surface area contributed by atoms with Gasteiger partial charge in [0.15, 0.2) is 5.58 Å². The fourth-order valence-corrected chi connectivity index (χ4v) is 1.06. The van der Waals surface area contributed by atoms with Crippen molar-refractivity contribution in [2.45, 2.75) is 0 Å². The molecule has 0 aliphatic rings. The summed E-state index contributed by atoms with van der Waals surface area (Å²) < 4.78 is 4.81. The van der Waals surface area contributed by atoms with E-state index in [1.165, 1.54) is 18.2 Å². The van der Waals surface area contributed by atoms with Gasteiger partial charge in [-0.1, -0.05) is 0 Å². The number of fused-ring (bicyclic) bond motifs is 1. The Morgan fingerprint density at radius 2 is 2.36 bits per heavy atom. The minimum atomic E-state index is -0.716. The Kier molecular flexibility index (Phi) is 1.65. The minimum Gasteiger partial charge on any atom is -0.381 e. The molecule has 0 fully saturated rings. The first-order valence-corrected chi connectivity index (χ1v) is 3.66. The van der Waals surface area contributed by atoms with Crippen LogP contribution in [0.25, 0.3) is 11.1 Å². The zero-order chi connectivity index (χ0) is 10.1. The summed E-state index contributed by atoms with van der Waals surface area (Å²) in [5.74, 6) is 0. The maximum Gasteiger partial charge on any atom is 0.546 e. The standard InChI is InChI=1S/C8H3N3O3/c9-4-5-1-2-7-6(3-5)10-8(14-7)11(12)13/h1-3H. The summed E-state index contributed by atoms with van der Waals surface area (Å²) in [6.45, 7) is 0. The molecule has 0 aliphatic carbocycles. The summed E-state index contributed by atoms with van der Waals surface area (Å²) in [5.41, 5.74) is 1.01. The monoisotopic (exact) mass is 189 g/mol.